The van der Waals surface area contributed by atoms with Gasteiger partial charge in [0.1, 0.15) is 0 Å². The second-order valence-electron chi connectivity index (χ2n) is 6.26. The smallest absolute Gasteiger partial charge is 0.214 e. The van der Waals surface area contributed by atoms with E-state index in [9.17, 15) is 8.42 Å². The number of nitrogens with one attached hydrogen (secondary N) is 1. The molecule has 1 aromatic rings. The van der Waals surface area contributed by atoms with Gasteiger partial charge in [0.05, 0.1) is 17.4 Å². The number of sulfonamides is 1. The standard InChI is InChI=1S/C16H22N2O2S/c1-16(9-3-2-4-10-16)13-18-21(19,20)12-15-7-5-14(11-17)6-8-15/h5-8,18H,2-4,9-10,12-13H2,1H3. The van der Waals surface area contributed by atoms with Crippen molar-refractivity contribution in [3.8, 4) is 6.07 Å². The van der Waals surface area contributed by atoms with Gasteiger partial charge in [-0.25, -0.2) is 13.1 Å². The summed E-state index contributed by atoms with van der Waals surface area (Å²) >= 11 is 0. The molecule has 1 aromatic carbocycles. The molecule has 1 aliphatic rings. The first-order valence-electron chi connectivity index (χ1n) is 7.39. The molecule has 0 heterocycles. The van der Waals surface area contributed by atoms with Crippen molar-refractivity contribution in [2.45, 2.75) is 44.8 Å². The SMILES string of the molecule is CC1(CNS(=O)(=O)Cc2ccc(C#N)cc2)CCCCC1. The van der Waals surface area contributed by atoms with E-state index in [1.807, 2.05) is 6.07 Å². The predicted molar refractivity (Wildman–Crippen MR) is 83.0 cm³/mol. The van der Waals surface area contributed by atoms with Crippen LogP contribution in [0.1, 0.15) is 50.2 Å². The average molecular weight is 306 g/mol. The second kappa shape index (κ2) is 6.59. The Hall–Kier alpha value is -1.38. The largest absolute Gasteiger partial charge is 0.215 e. The van der Waals surface area contributed by atoms with E-state index in [0.717, 1.165) is 12.8 Å². The molecule has 0 bridgehead atoms. The lowest BCUT2D eigenvalue weighted by molar-refractivity contribution is 0.219. The molecule has 2 rings (SSSR count). The molecule has 21 heavy (non-hydrogen) atoms. The fourth-order valence-electron chi connectivity index (χ4n) is 2.81. The summed E-state index contributed by atoms with van der Waals surface area (Å²) in [6.45, 7) is 2.68. The zero-order valence-corrected chi connectivity index (χ0v) is 13.2. The zero-order valence-electron chi connectivity index (χ0n) is 12.4. The Balaban J connectivity index is 1.93. The number of rotatable bonds is 5. The van der Waals surface area contributed by atoms with Gasteiger partial charge in [0.25, 0.3) is 0 Å². The lowest BCUT2D eigenvalue weighted by atomic mass is 9.76. The Kier molecular flexibility index (Phi) is 5.02. The van der Waals surface area contributed by atoms with Crippen LogP contribution in [0.3, 0.4) is 0 Å². The van der Waals surface area contributed by atoms with Crippen molar-refractivity contribution in [1.29, 1.82) is 5.26 Å². The van der Waals surface area contributed by atoms with E-state index in [1.54, 1.807) is 24.3 Å². The van der Waals surface area contributed by atoms with Gasteiger partial charge in [0, 0.05) is 6.54 Å². The van der Waals surface area contributed by atoms with Gasteiger partial charge in [-0.15, -0.1) is 0 Å². The third kappa shape index (κ3) is 4.83. The van der Waals surface area contributed by atoms with Gasteiger partial charge in [-0.1, -0.05) is 38.3 Å². The highest BCUT2D eigenvalue weighted by molar-refractivity contribution is 7.88. The first-order chi connectivity index (χ1) is 9.92. The molecule has 1 saturated carbocycles. The molecular formula is C16H22N2O2S. The highest BCUT2D eigenvalue weighted by Crippen LogP contribution is 2.35. The zero-order chi connectivity index (χ0) is 15.3. The van der Waals surface area contributed by atoms with E-state index in [4.69, 9.17) is 5.26 Å². The summed E-state index contributed by atoms with van der Waals surface area (Å²) in [7, 11) is -3.32. The van der Waals surface area contributed by atoms with Crippen LogP contribution in [0.25, 0.3) is 0 Å². The Morgan fingerprint density at radius 3 is 2.38 bits per heavy atom. The van der Waals surface area contributed by atoms with Crippen LogP contribution >= 0.6 is 0 Å². The minimum absolute atomic E-state index is 0.0329. The van der Waals surface area contributed by atoms with E-state index < -0.39 is 10.0 Å². The third-order valence-corrected chi connectivity index (χ3v) is 5.52. The minimum Gasteiger partial charge on any atom is -0.214 e. The van der Waals surface area contributed by atoms with Crippen LogP contribution < -0.4 is 4.72 Å². The quantitative estimate of drug-likeness (QED) is 0.909. The molecule has 0 aromatic heterocycles. The molecule has 0 spiro atoms. The van der Waals surface area contributed by atoms with Crippen LogP contribution in [0.15, 0.2) is 24.3 Å². The first-order valence-corrected chi connectivity index (χ1v) is 9.04. The van der Waals surface area contributed by atoms with Crippen molar-refractivity contribution in [2.75, 3.05) is 6.54 Å². The van der Waals surface area contributed by atoms with Crippen molar-refractivity contribution >= 4 is 10.0 Å². The van der Waals surface area contributed by atoms with Gasteiger partial charge >= 0.3 is 0 Å². The van der Waals surface area contributed by atoms with Gasteiger partial charge in [-0.2, -0.15) is 5.26 Å². The molecule has 1 aliphatic carbocycles. The molecular weight excluding hydrogens is 284 g/mol. The number of hydrogen-bond acceptors (Lipinski definition) is 3. The maximum absolute atomic E-state index is 12.2. The van der Waals surface area contributed by atoms with Crippen LogP contribution in [0, 0.1) is 16.7 Å². The Morgan fingerprint density at radius 2 is 1.81 bits per heavy atom. The molecule has 4 nitrogen and oxygen atoms in total. The fourth-order valence-corrected chi connectivity index (χ4v) is 4.11. The van der Waals surface area contributed by atoms with Crippen LogP contribution in [0.4, 0.5) is 0 Å². The predicted octanol–water partition coefficient (Wildman–Crippen LogP) is 2.95. The highest BCUT2D eigenvalue weighted by Gasteiger charge is 2.28. The summed E-state index contributed by atoms with van der Waals surface area (Å²) in [4.78, 5) is 0. The van der Waals surface area contributed by atoms with E-state index in [0.29, 0.717) is 17.7 Å². The Morgan fingerprint density at radius 1 is 1.19 bits per heavy atom. The average Bonchev–Trinajstić information content (AvgIpc) is 2.47. The van der Waals surface area contributed by atoms with E-state index in [1.165, 1.54) is 19.3 Å². The Labute approximate surface area is 127 Å². The van der Waals surface area contributed by atoms with E-state index in [2.05, 4.69) is 11.6 Å². The summed E-state index contributed by atoms with van der Waals surface area (Å²) in [5.41, 5.74) is 1.34. The van der Waals surface area contributed by atoms with Crippen LogP contribution in [0.5, 0.6) is 0 Å². The third-order valence-electron chi connectivity index (χ3n) is 4.22. The van der Waals surface area contributed by atoms with Gasteiger partial charge < -0.3 is 0 Å². The normalized spacial score (nSPS) is 18.1. The fraction of sp³-hybridized carbons (Fsp3) is 0.562. The Bertz CT molecular complexity index is 609. The van der Waals surface area contributed by atoms with E-state index >= 15 is 0 Å². The molecule has 0 atom stereocenters. The number of hydrogen-bond donors (Lipinski definition) is 1. The van der Waals surface area contributed by atoms with Crippen molar-refractivity contribution in [2.24, 2.45) is 5.41 Å². The van der Waals surface area contributed by atoms with Crippen molar-refractivity contribution in [1.82, 2.24) is 4.72 Å². The molecule has 0 radical (unpaired) electrons. The van der Waals surface area contributed by atoms with Crippen LogP contribution in [0.2, 0.25) is 0 Å². The summed E-state index contributed by atoms with van der Waals surface area (Å²) in [6, 6.07) is 8.71. The molecule has 1 fully saturated rings. The molecule has 0 saturated heterocycles. The summed E-state index contributed by atoms with van der Waals surface area (Å²) in [6.07, 6.45) is 5.81. The van der Waals surface area contributed by atoms with E-state index in [-0.39, 0.29) is 11.2 Å². The molecule has 0 aliphatic heterocycles. The molecule has 1 N–H and O–H groups in total. The topological polar surface area (TPSA) is 70.0 Å². The molecule has 0 unspecified atom stereocenters. The lowest BCUT2D eigenvalue weighted by Gasteiger charge is -2.33. The van der Waals surface area contributed by atoms with Gasteiger partial charge in [-0.05, 0) is 36.0 Å². The second-order valence-corrected chi connectivity index (χ2v) is 8.07. The van der Waals surface area contributed by atoms with Crippen molar-refractivity contribution in [3.05, 3.63) is 35.4 Å². The number of benzene rings is 1. The summed E-state index contributed by atoms with van der Waals surface area (Å²) in [5.74, 6) is -0.0329. The highest BCUT2D eigenvalue weighted by atomic mass is 32.2. The first kappa shape index (κ1) is 16.0. The molecule has 114 valence electrons. The van der Waals surface area contributed by atoms with Gasteiger partial charge in [0.2, 0.25) is 10.0 Å². The summed E-state index contributed by atoms with van der Waals surface area (Å²) < 4.78 is 27.1. The van der Waals surface area contributed by atoms with Crippen LogP contribution in [-0.2, 0) is 15.8 Å². The van der Waals surface area contributed by atoms with Gasteiger partial charge in [0.15, 0.2) is 0 Å². The van der Waals surface area contributed by atoms with Crippen LogP contribution in [-0.4, -0.2) is 15.0 Å². The van der Waals surface area contributed by atoms with Crippen molar-refractivity contribution in [3.63, 3.8) is 0 Å². The monoisotopic (exact) mass is 306 g/mol. The minimum atomic E-state index is -3.32. The van der Waals surface area contributed by atoms with Gasteiger partial charge in [-0.3, -0.25) is 0 Å². The summed E-state index contributed by atoms with van der Waals surface area (Å²) in [5, 5.41) is 8.74. The number of nitriles is 1. The molecule has 5 heteroatoms. The van der Waals surface area contributed by atoms with Crippen molar-refractivity contribution < 1.29 is 8.42 Å². The maximum Gasteiger partial charge on any atom is 0.215 e. The lowest BCUT2D eigenvalue weighted by Crippen LogP contribution is -2.37. The number of nitrogens with zero attached hydrogens (tertiary/aromatic N) is 1. The maximum atomic E-state index is 12.2. The molecule has 0 amide bonds.